The molecule has 0 unspecified atom stereocenters. The van der Waals surface area contributed by atoms with Crippen molar-refractivity contribution in [1.82, 2.24) is 9.55 Å². The Morgan fingerprint density at radius 3 is 2.43 bits per heavy atom. The van der Waals surface area contributed by atoms with Crippen molar-refractivity contribution in [2.24, 2.45) is 0 Å². The van der Waals surface area contributed by atoms with Gasteiger partial charge in [0.1, 0.15) is 5.65 Å². The smallest absolute Gasteiger partial charge is 0.160 e. The van der Waals surface area contributed by atoms with E-state index in [1.807, 2.05) is 36.4 Å². The zero-order valence-corrected chi connectivity index (χ0v) is 14.1. The Kier molecular flexibility index (Phi) is 4.03. The summed E-state index contributed by atoms with van der Waals surface area (Å²) in [6.45, 7) is 8.08. The lowest BCUT2D eigenvalue weighted by molar-refractivity contribution is 0.101. The lowest BCUT2D eigenvalue weighted by Crippen LogP contribution is -2.06. The summed E-state index contributed by atoms with van der Waals surface area (Å²) in [5, 5.41) is 0.961. The minimum absolute atomic E-state index is 0.0816. The molecule has 0 amide bonds. The van der Waals surface area contributed by atoms with Crippen LogP contribution < -0.4 is 0 Å². The van der Waals surface area contributed by atoms with Crippen LogP contribution in [-0.2, 0) is 6.42 Å². The molecule has 0 aliphatic heterocycles. The topological polar surface area (TPSA) is 34.9 Å². The van der Waals surface area contributed by atoms with Gasteiger partial charge >= 0.3 is 0 Å². The van der Waals surface area contributed by atoms with Crippen molar-refractivity contribution in [2.75, 3.05) is 0 Å². The first-order valence-electron chi connectivity index (χ1n) is 8.14. The molecule has 0 N–H and O–H groups in total. The Hall–Kier alpha value is -2.42. The van der Waals surface area contributed by atoms with Gasteiger partial charge in [-0.1, -0.05) is 37.3 Å². The Balaban J connectivity index is 2.37. The number of nitrogens with zero attached hydrogens (tertiary/aromatic N) is 2. The van der Waals surface area contributed by atoms with Crippen LogP contribution in [0.5, 0.6) is 0 Å². The highest BCUT2D eigenvalue weighted by Gasteiger charge is 2.18. The summed E-state index contributed by atoms with van der Waals surface area (Å²) in [7, 11) is 0. The predicted octanol–water partition coefficient (Wildman–Crippen LogP) is 5.05. The summed E-state index contributed by atoms with van der Waals surface area (Å²) in [6.07, 6.45) is 0.923. The molecule has 0 bridgehead atoms. The molecular formula is C20H22N2O. The Morgan fingerprint density at radius 2 is 1.87 bits per heavy atom. The number of aromatic nitrogens is 2. The van der Waals surface area contributed by atoms with Crippen molar-refractivity contribution in [3.8, 4) is 11.3 Å². The maximum Gasteiger partial charge on any atom is 0.160 e. The number of carbonyl (C=O) groups excluding carboxylic acids is 1. The van der Waals surface area contributed by atoms with Crippen LogP contribution in [0.15, 0.2) is 42.5 Å². The fraction of sp³-hybridized carbons (Fsp3) is 0.300. The first-order chi connectivity index (χ1) is 11.0. The second-order valence-corrected chi connectivity index (χ2v) is 6.17. The average Bonchev–Trinajstić information content (AvgIpc) is 2.93. The minimum atomic E-state index is 0.0816. The van der Waals surface area contributed by atoms with Crippen molar-refractivity contribution in [1.29, 1.82) is 0 Å². The molecule has 23 heavy (non-hydrogen) atoms. The quantitative estimate of drug-likeness (QED) is 0.632. The molecule has 3 rings (SSSR count). The molecular weight excluding hydrogens is 284 g/mol. The third kappa shape index (κ3) is 2.67. The number of fused-ring (bicyclic) bond motifs is 1. The largest absolute Gasteiger partial charge is 0.327 e. The molecule has 0 radical (unpaired) electrons. The summed E-state index contributed by atoms with van der Waals surface area (Å²) >= 11 is 0. The number of Topliss-reactive ketones (excluding diaryl/α,β-unsaturated/α-hetero) is 1. The SMILES string of the molecule is CCc1cc2c(C(C)=O)cc(-c3ccccc3)nc2n1C(C)C. The molecule has 0 saturated heterocycles. The van der Waals surface area contributed by atoms with Crippen molar-refractivity contribution >= 4 is 16.8 Å². The van der Waals surface area contributed by atoms with Gasteiger partial charge in [0, 0.05) is 28.2 Å². The van der Waals surface area contributed by atoms with Gasteiger partial charge in [-0.25, -0.2) is 4.98 Å². The van der Waals surface area contributed by atoms with E-state index in [1.165, 1.54) is 5.69 Å². The fourth-order valence-electron chi connectivity index (χ4n) is 3.14. The van der Waals surface area contributed by atoms with E-state index in [-0.39, 0.29) is 5.78 Å². The van der Waals surface area contributed by atoms with Crippen LogP contribution in [0.4, 0.5) is 0 Å². The highest BCUT2D eigenvalue weighted by molar-refractivity contribution is 6.07. The van der Waals surface area contributed by atoms with Gasteiger partial charge in [-0.2, -0.15) is 0 Å². The number of pyridine rings is 1. The van der Waals surface area contributed by atoms with Gasteiger partial charge in [0.25, 0.3) is 0 Å². The van der Waals surface area contributed by atoms with Crippen LogP contribution in [0.1, 0.15) is 49.8 Å². The number of ketones is 1. The molecule has 2 aromatic heterocycles. The molecule has 0 saturated carbocycles. The molecule has 3 nitrogen and oxygen atoms in total. The van der Waals surface area contributed by atoms with E-state index in [0.29, 0.717) is 6.04 Å². The number of aryl methyl sites for hydroxylation is 1. The van der Waals surface area contributed by atoms with E-state index < -0.39 is 0 Å². The summed E-state index contributed by atoms with van der Waals surface area (Å²) < 4.78 is 2.24. The van der Waals surface area contributed by atoms with Gasteiger partial charge in [0.2, 0.25) is 0 Å². The molecule has 0 atom stereocenters. The number of benzene rings is 1. The molecule has 0 fully saturated rings. The molecule has 0 spiro atoms. The van der Waals surface area contributed by atoms with Gasteiger partial charge in [-0.15, -0.1) is 0 Å². The van der Waals surface area contributed by atoms with Crippen LogP contribution in [0, 0.1) is 0 Å². The van der Waals surface area contributed by atoms with Crippen molar-refractivity contribution in [2.45, 2.75) is 40.2 Å². The van der Waals surface area contributed by atoms with E-state index in [1.54, 1.807) is 6.92 Å². The van der Waals surface area contributed by atoms with E-state index >= 15 is 0 Å². The summed E-state index contributed by atoms with van der Waals surface area (Å²) in [5.74, 6) is 0.0816. The summed E-state index contributed by atoms with van der Waals surface area (Å²) in [5.41, 5.74) is 4.76. The first-order valence-corrected chi connectivity index (χ1v) is 8.14. The lowest BCUT2D eigenvalue weighted by Gasteiger charge is -2.14. The van der Waals surface area contributed by atoms with Crippen LogP contribution >= 0.6 is 0 Å². The number of rotatable bonds is 4. The van der Waals surface area contributed by atoms with Crippen molar-refractivity contribution < 1.29 is 4.79 Å². The van der Waals surface area contributed by atoms with Crippen LogP contribution in [0.2, 0.25) is 0 Å². The maximum absolute atomic E-state index is 12.2. The minimum Gasteiger partial charge on any atom is -0.327 e. The molecule has 118 valence electrons. The first kappa shape index (κ1) is 15.5. The zero-order chi connectivity index (χ0) is 16.6. The fourth-order valence-corrected chi connectivity index (χ4v) is 3.14. The highest BCUT2D eigenvalue weighted by atomic mass is 16.1. The lowest BCUT2D eigenvalue weighted by atomic mass is 10.0. The van der Waals surface area contributed by atoms with Gasteiger partial charge < -0.3 is 4.57 Å². The van der Waals surface area contributed by atoms with E-state index in [4.69, 9.17) is 4.98 Å². The van der Waals surface area contributed by atoms with E-state index in [2.05, 4.69) is 31.4 Å². The van der Waals surface area contributed by atoms with E-state index in [0.717, 1.165) is 34.3 Å². The van der Waals surface area contributed by atoms with Gasteiger partial charge in [0.15, 0.2) is 5.78 Å². The second-order valence-electron chi connectivity index (χ2n) is 6.17. The van der Waals surface area contributed by atoms with Crippen LogP contribution in [0.3, 0.4) is 0 Å². The maximum atomic E-state index is 12.2. The molecule has 0 aliphatic carbocycles. The third-order valence-corrected chi connectivity index (χ3v) is 4.21. The van der Waals surface area contributed by atoms with Crippen molar-refractivity contribution in [3.63, 3.8) is 0 Å². The van der Waals surface area contributed by atoms with Crippen molar-refractivity contribution in [3.05, 3.63) is 53.7 Å². The van der Waals surface area contributed by atoms with Gasteiger partial charge in [0.05, 0.1) is 5.69 Å². The van der Waals surface area contributed by atoms with Gasteiger partial charge in [-0.3, -0.25) is 4.79 Å². The van der Waals surface area contributed by atoms with Crippen LogP contribution in [0.25, 0.3) is 22.3 Å². The normalized spacial score (nSPS) is 11.3. The predicted molar refractivity (Wildman–Crippen MR) is 94.9 cm³/mol. The molecule has 3 aromatic rings. The number of hydrogen-bond donors (Lipinski definition) is 0. The second kappa shape index (κ2) is 5.99. The molecule has 2 heterocycles. The monoisotopic (exact) mass is 306 g/mol. The molecule has 3 heteroatoms. The Morgan fingerprint density at radius 1 is 1.17 bits per heavy atom. The molecule has 1 aromatic carbocycles. The summed E-state index contributed by atoms with van der Waals surface area (Å²) in [6, 6.07) is 14.4. The molecule has 0 aliphatic rings. The van der Waals surface area contributed by atoms with Crippen LogP contribution in [-0.4, -0.2) is 15.3 Å². The Labute approximate surface area is 137 Å². The number of hydrogen-bond acceptors (Lipinski definition) is 2. The summed E-state index contributed by atoms with van der Waals surface area (Å²) in [4.78, 5) is 17.1. The van der Waals surface area contributed by atoms with E-state index in [9.17, 15) is 4.79 Å². The average molecular weight is 306 g/mol. The standard InChI is InChI=1S/C20H22N2O/c1-5-16-11-18-17(14(4)23)12-19(15-9-7-6-8-10-15)21-20(18)22(16)13(2)3/h6-13H,5H2,1-4H3. The highest BCUT2D eigenvalue weighted by Crippen LogP contribution is 2.30. The third-order valence-electron chi connectivity index (χ3n) is 4.21. The Bertz CT molecular complexity index is 860. The van der Waals surface area contributed by atoms with Gasteiger partial charge in [-0.05, 0) is 39.3 Å². The number of carbonyl (C=O) groups is 1. The zero-order valence-electron chi connectivity index (χ0n) is 14.1.